The number of rotatable bonds is 4. The summed E-state index contributed by atoms with van der Waals surface area (Å²) >= 11 is 0. The van der Waals surface area contributed by atoms with Gasteiger partial charge >= 0.3 is 0 Å². The summed E-state index contributed by atoms with van der Waals surface area (Å²) in [6, 6.07) is 6.49. The summed E-state index contributed by atoms with van der Waals surface area (Å²) in [5.74, 6) is 0. The van der Waals surface area contributed by atoms with Gasteiger partial charge in [0.1, 0.15) is 0 Å². The Hall–Kier alpha value is -1.02. The van der Waals surface area contributed by atoms with Gasteiger partial charge < -0.3 is 10.6 Å². The maximum absolute atomic E-state index is 3.48. The molecule has 0 aromatic heterocycles. The summed E-state index contributed by atoms with van der Waals surface area (Å²) in [5.41, 5.74) is 3.95. The van der Waals surface area contributed by atoms with Gasteiger partial charge in [-0.2, -0.15) is 0 Å². The normalized spacial score (nSPS) is 11.5. The Labute approximate surface area is 93.1 Å². The lowest BCUT2D eigenvalue weighted by atomic mass is 10.1. The average Bonchev–Trinajstić information content (AvgIpc) is 2.20. The first-order chi connectivity index (χ1) is 6.94. The van der Waals surface area contributed by atoms with Gasteiger partial charge in [-0.25, -0.2) is 0 Å². The van der Waals surface area contributed by atoms with Crippen molar-refractivity contribution in [2.45, 2.75) is 33.2 Å². The van der Waals surface area contributed by atoms with Crippen LogP contribution in [0.5, 0.6) is 0 Å². The highest BCUT2D eigenvalue weighted by Crippen LogP contribution is 2.17. The Morgan fingerprint density at radius 3 is 2.47 bits per heavy atom. The molecule has 0 unspecified atom stereocenters. The number of nitrogens with one attached hydrogen (secondary N) is 2. The van der Waals surface area contributed by atoms with Crippen LogP contribution in [0.4, 0.5) is 5.69 Å². The van der Waals surface area contributed by atoms with Crippen LogP contribution in [0.15, 0.2) is 18.2 Å². The minimum Gasteiger partial charge on any atom is -0.383 e. The molecule has 0 heterocycles. The fourth-order valence-electron chi connectivity index (χ4n) is 1.33. The molecule has 0 bridgehead atoms. The first-order valence-electron chi connectivity index (χ1n) is 5.45. The van der Waals surface area contributed by atoms with Gasteiger partial charge in [0.05, 0.1) is 0 Å². The van der Waals surface area contributed by atoms with E-state index < -0.39 is 0 Å². The van der Waals surface area contributed by atoms with E-state index in [4.69, 9.17) is 0 Å². The van der Waals surface area contributed by atoms with Crippen molar-refractivity contribution in [3.63, 3.8) is 0 Å². The second kappa shape index (κ2) is 4.67. The highest BCUT2D eigenvalue weighted by molar-refractivity contribution is 5.52. The van der Waals surface area contributed by atoms with Crippen LogP contribution in [0.3, 0.4) is 0 Å². The molecule has 84 valence electrons. The lowest BCUT2D eigenvalue weighted by Crippen LogP contribution is -2.42. The summed E-state index contributed by atoms with van der Waals surface area (Å²) in [4.78, 5) is 0. The predicted molar refractivity (Wildman–Crippen MR) is 67.5 cm³/mol. The van der Waals surface area contributed by atoms with Crippen molar-refractivity contribution < 1.29 is 0 Å². The third-order valence-corrected chi connectivity index (χ3v) is 2.79. The molecule has 0 radical (unpaired) electrons. The van der Waals surface area contributed by atoms with E-state index in [1.54, 1.807) is 0 Å². The fraction of sp³-hybridized carbons (Fsp3) is 0.538. The van der Waals surface area contributed by atoms with E-state index >= 15 is 0 Å². The van der Waals surface area contributed by atoms with Crippen molar-refractivity contribution in [1.29, 1.82) is 0 Å². The summed E-state index contributed by atoms with van der Waals surface area (Å²) in [6.07, 6.45) is 0. The lowest BCUT2D eigenvalue weighted by Gasteiger charge is -2.25. The molecule has 0 amide bonds. The molecule has 2 heteroatoms. The van der Waals surface area contributed by atoms with Gasteiger partial charge in [0, 0.05) is 17.8 Å². The zero-order chi connectivity index (χ0) is 11.5. The molecule has 1 aromatic rings. The van der Waals surface area contributed by atoms with Gasteiger partial charge in [-0.3, -0.25) is 0 Å². The van der Waals surface area contributed by atoms with Crippen molar-refractivity contribution in [3.8, 4) is 0 Å². The lowest BCUT2D eigenvalue weighted by molar-refractivity contribution is 0.448. The van der Waals surface area contributed by atoms with Crippen LogP contribution >= 0.6 is 0 Å². The van der Waals surface area contributed by atoms with E-state index in [0.717, 1.165) is 6.54 Å². The largest absolute Gasteiger partial charge is 0.383 e. The van der Waals surface area contributed by atoms with Crippen LogP contribution in [0.1, 0.15) is 25.0 Å². The van der Waals surface area contributed by atoms with Crippen LogP contribution in [-0.2, 0) is 0 Å². The van der Waals surface area contributed by atoms with Gasteiger partial charge in [-0.1, -0.05) is 12.1 Å². The second-order valence-corrected chi connectivity index (χ2v) is 4.81. The standard InChI is InChI=1S/C13H22N2/c1-10-6-7-11(2)12(8-10)15-9-13(3,4)14-5/h6-8,14-15H,9H2,1-5H3. The first kappa shape index (κ1) is 12.1. The van der Waals surface area contributed by atoms with Crippen molar-refractivity contribution in [2.75, 3.05) is 18.9 Å². The highest BCUT2D eigenvalue weighted by Gasteiger charge is 2.14. The smallest absolute Gasteiger partial charge is 0.0373 e. The maximum atomic E-state index is 3.48. The molecule has 0 spiro atoms. The van der Waals surface area contributed by atoms with Crippen molar-refractivity contribution in [1.82, 2.24) is 5.32 Å². The summed E-state index contributed by atoms with van der Waals surface area (Å²) in [6.45, 7) is 9.55. The number of likely N-dealkylation sites (N-methyl/N-ethyl adjacent to an activating group) is 1. The fourth-order valence-corrected chi connectivity index (χ4v) is 1.33. The molecule has 0 saturated heterocycles. The van der Waals surface area contributed by atoms with Crippen molar-refractivity contribution in [3.05, 3.63) is 29.3 Å². The number of hydrogen-bond donors (Lipinski definition) is 2. The first-order valence-corrected chi connectivity index (χ1v) is 5.45. The van der Waals surface area contributed by atoms with Gasteiger partial charge in [-0.05, 0) is 51.9 Å². The minimum absolute atomic E-state index is 0.121. The topological polar surface area (TPSA) is 24.1 Å². The van der Waals surface area contributed by atoms with E-state index in [1.165, 1.54) is 16.8 Å². The third kappa shape index (κ3) is 3.56. The third-order valence-electron chi connectivity index (χ3n) is 2.79. The Balaban J connectivity index is 2.69. The van der Waals surface area contributed by atoms with Crippen LogP contribution in [0.2, 0.25) is 0 Å². The van der Waals surface area contributed by atoms with E-state index in [0.29, 0.717) is 0 Å². The van der Waals surface area contributed by atoms with E-state index in [2.05, 4.69) is 56.5 Å². The van der Waals surface area contributed by atoms with Gasteiger partial charge in [0.15, 0.2) is 0 Å². The van der Waals surface area contributed by atoms with E-state index in [-0.39, 0.29) is 5.54 Å². The summed E-state index contributed by atoms with van der Waals surface area (Å²) in [5, 5.41) is 6.77. The summed E-state index contributed by atoms with van der Waals surface area (Å²) < 4.78 is 0. The molecule has 0 aliphatic rings. The monoisotopic (exact) mass is 206 g/mol. The number of anilines is 1. The van der Waals surface area contributed by atoms with E-state index in [1.807, 2.05) is 7.05 Å². The molecule has 0 saturated carbocycles. The molecular weight excluding hydrogens is 184 g/mol. The highest BCUT2D eigenvalue weighted by atomic mass is 15.0. The predicted octanol–water partition coefficient (Wildman–Crippen LogP) is 2.71. The molecular formula is C13H22N2. The zero-order valence-electron chi connectivity index (χ0n) is 10.4. The molecule has 0 aliphatic heterocycles. The Morgan fingerprint density at radius 1 is 1.20 bits per heavy atom. The van der Waals surface area contributed by atoms with Gasteiger partial charge in [-0.15, -0.1) is 0 Å². The molecule has 0 aliphatic carbocycles. The molecule has 1 rings (SSSR count). The average molecular weight is 206 g/mol. The number of aryl methyl sites for hydroxylation is 2. The van der Waals surface area contributed by atoms with Gasteiger partial charge in [0.2, 0.25) is 0 Å². The molecule has 2 N–H and O–H groups in total. The van der Waals surface area contributed by atoms with Crippen LogP contribution < -0.4 is 10.6 Å². The second-order valence-electron chi connectivity index (χ2n) is 4.81. The molecule has 15 heavy (non-hydrogen) atoms. The Kier molecular flexibility index (Phi) is 3.75. The Bertz CT molecular complexity index is 329. The minimum atomic E-state index is 0.121. The van der Waals surface area contributed by atoms with Crippen LogP contribution in [0.25, 0.3) is 0 Å². The zero-order valence-corrected chi connectivity index (χ0v) is 10.4. The van der Waals surface area contributed by atoms with Crippen molar-refractivity contribution >= 4 is 5.69 Å². The van der Waals surface area contributed by atoms with Crippen LogP contribution in [-0.4, -0.2) is 19.1 Å². The quantitative estimate of drug-likeness (QED) is 0.791. The Morgan fingerprint density at radius 2 is 1.87 bits per heavy atom. The number of benzene rings is 1. The van der Waals surface area contributed by atoms with Crippen molar-refractivity contribution in [2.24, 2.45) is 0 Å². The molecule has 1 aromatic carbocycles. The van der Waals surface area contributed by atoms with E-state index in [9.17, 15) is 0 Å². The summed E-state index contributed by atoms with van der Waals surface area (Å²) in [7, 11) is 1.99. The van der Waals surface area contributed by atoms with Crippen LogP contribution in [0, 0.1) is 13.8 Å². The molecule has 0 atom stereocenters. The van der Waals surface area contributed by atoms with Gasteiger partial charge in [0.25, 0.3) is 0 Å². The maximum Gasteiger partial charge on any atom is 0.0373 e. The molecule has 0 fully saturated rings. The SMILES string of the molecule is CNC(C)(C)CNc1cc(C)ccc1C. The number of hydrogen-bond acceptors (Lipinski definition) is 2. The molecule has 2 nitrogen and oxygen atoms in total.